The molecule has 0 aliphatic carbocycles. The van der Waals surface area contributed by atoms with Gasteiger partial charge in [-0.15, -0.1) is 0 Å². The number of rotatable bonds is 4. The number of benzene rings is 2. The predicted octanol–water partition coefficient (Wildman–Crippen LogP) is 2.44. The molecule has 152 valence electrons. The van der Waals surface area contributed by atoms with E-state index in [4.69, 9.17) is 4.74 Å². The summed E-state index contributed by atoms with van der Waals surface area (Å²) in [5.41, 5.74) is 2.63. The number of aliphatic hydroxyl groups is 1. The normalized spacial score (nSPS) is 23.5. The van der Waals surface area contributed by atoms with Crippen molar-refractivity contribution >= 4 is 17.5 Å². The van der Waals surface area contributed by atoms with Gasteiger partial charge in [0.25, 0.3) is 0 Å². The molecule has 2 aliphatic rings. The fraction of sp³-hybridized carbons (Fsp3) is 0.391. The summed E-state index contributed by atoms with van der Waals surface area (Å²) in [6.07, 6.45) is 0.583. The minimum Gasteiger partial charge on any atom is -0.493 e. The van der Waals surface area contributed by atoms with Gasteiger partial charge < -0.3 is 20.1 Å². The van der Waals surface area contributed by atoms with E-state index in [2.05, 4.69) is 5.32 Å². The molecule has 2 amide bonds. The number of carbonyl (C=O) groups excluding carboxylic acids is 2. The third kappa shape index (κ3) is 3.72. The highest BCUT2D eigenvalue weighted by atomic mass is 16.5. The van der Waals surface area contributed by atoms with E-state index in [-0.39, 0.29) is 24.8 Å². The van der Waals surface area contributed by atoms with Crippen LogP contribution in [0, 0.1) is 19.8 Å². The molecule has 0 spiro atoms. The van der Waals surface area contributed by atoms with Crippen molar-refractivity contribution in [3.05, 3.63) is 59.2 Å². The molecular weight excluding hydrogens is 368 g/mol. The average molecular weight is 394 g/mol. The zero-order valence-corrected chi connectivity index (χ0v) is 16.8. The molecule has 6 nitrogen and oxygen atoms in total. The number of hydrogen-bond acceptors (Lipinski definition) is 4. The molecule has 29 heavy (non-hydrogen) atoms. The molecule has 1 fully saturated rings. The number of aryl methyl sites for hydroxylation is 2. The lowest BCUT2D eigenvalue weighted by Gasteiger charge is -2.34. The maximum atomic E-state index is 12.8. The summed E-state index contributed by atoms with van der Waals surface area (Å²) in [6.45, 7) is 4.88. The van der Waals surface area contributed by atoms with Crippen LogP contribution in [-0.4, -0.2) is 36.6 Å². The van der Waals surface area contributed by atoms with Crippen molar-refractivity contribution in [3.63, 3.8) is 0 Å². The van der Waals surface area contributed by atoms with Crippen LogP contribution in [0.5, 0.6) is 5.75 Å². The summed E-state index contributed by atoms with van der Waals surface area (Å²) in [7, 11) is 0. The Morgan fingerprint density at radius 2 is 2.03 bits per heavy atom. The molecule has 2 heterocycles. The molecule has 0 saturated carbocycles. The van der Waals surface area contributed by atoms with Crippen molar-refractivity contribution in [1.29, 1.82) is 0 Å². The second-order valence-corrected chi connectivity index (χ2v) is 8.02. The highest BCUT2D eigenvalue weighted by Gasteiger charge is 2.39. The molecule has 2 aliphatic heterocycles. The van der Waals surface area contributed by atoms with E-state index in [1.54, 1.807) is 4.90 Å². The minimum atomic E-state index is -1.17. The fourth-order valence-corrected chi connectivity index (χ4v) is 4.03. The predicted molar refractivity (Wildman–Crippen MR) is 110 cm³/mol. The Bertz CT molecular complexity index is 958. The van der Waals surface area contributed by atoms with Crippen LogP contribution in [0.2, 0.25) is 0 Å². The van der Waals surface area contributed by atoms with Gasteiger partial charge in [0, 0.05) is 30.6 Å². The second kappa shape index (κ2) is 7.52. The van der Waals surface area contributed by atoms with Crippen molar-refractivity contribution in [1.82, 2.24) is 5.32 Å². The highest BCUT2D eigenvalue weighted by molar-refractivity contribution is 6.00. The SMILES string of the molecule is Cc1ccc(N2C[C@@H](C(=O)NC[C@]3(O)CCOc4ccccc43)CC2=O)cc1C. The van der Waals surface area contributed by atoms with Crippen molar-refractivity contribution in [2.24, 2.45) is 5.92 Å². The lowest BCUT2D eigenvalue weighted by atomic mass is 9.88. The van der Waals surface area contributed by atoms with Gasteiger partial charge in [0.1, 0.15) is 11.4 Å². The third-order valence-electron chi connectivity index (χ3n) is 6.01. The van der Waals surface area contributed by atoms with E-state index in [0.29, 0.717) is 30.9 Å². The van der Waals surface area contributed by atoms with E-state index in [0.717, 1.165) is 11.3 Å². The van der Waals surface area contributed by atoms with Gasteiger partial charge in [0.05, 0.1) is 19.1 Å². The first-order valence-corrected chi connectivity index (χ1v) is 9.97. The third-order valence-corrected chi connectivity index (χ3v) is 6.01. The Hall–Kier alpha value is -2.86. The zero-order valence-electron chi connectivity index (χ0n) is 16.8. The summed E-state index contributed by atoms with van der Waals surface area (Å²) in [4.78, 5) is 26.9. The van der Waals surface area contributed by atoms with Crippen LogP contribution in [0.4, 0.5) is 5.69 Å². The maximum Gasteiger partial charge on any atom is 0.227 e. The first-order valence-electron chi connectivity index (χ1n) is 9.97. The van der Waals surface area contributed by atoms with Gasteiger partial charge in [-0.3, -0.25) is 9.59 Å². The number of fused-ring (bicyclic) bond motifs is 1. The van der Waals surface area contributed by atoms with Crippen LogP contribution in [0.3, 0.4) is 0 Å². The smallest absolute Gasteiger partial charge is 0.227 e. The summed E-state index contributed by atoms with van der Waals surface area (Å²) in [5, 5.41) is 13.9. The van der Waals surface area contributed by atoms with E-state index >= 15 is 0 Å². The molecule has 0 unspecified atom stereocenters. The topological polar surface area (TPSA) is 78.9 Å². The number of nitrogens with zero attached hydrogens (tertiary/aromatic N) is 1. The standard InChI is InChI=1S/C23H26N2O4/c1-15-7-8-18(11-16(15)2)25-13-17(12-21(25)26)22(27)24-14-23(28)9-10-29-20-6-4-3-5-19(20)23/h3-8,11,17,28H,9-10,12-14H2,1-2H3,(H,24,27)/t17-,23+/m0/s1. The van der Waals surface area contributed by atoms with E-state index in [1.165, 1.54) is 5.56 Å². The molecule has 0 radical (unpaired) electrons. The Morgan fingerprint density at radius 3 is 2.83 bits per heavy atom. The Kier molecular flexibility index (Phi) is 5.04. The number of carbonyl (C=O) groups is 2. The van der Waals surface area contributed by atoms with Crippen molar-refractivity contribution in [3.8, 4) is 5.75 Å². The number of nitrogens with one attached hydrogen (secondary N) is 1. The Morgan fingerprint density at radius 1 is 1.24 bits per heavy atom. The van der Waals surface area contributed by atoms with Gasteiger partial charge >= 0.3 is 0 Å². The lowest BCUT2D eigenvalue weighted by Crippen LogP contribution is -2.45. The minimum absolute atomic E-state index is 0.0523. The summed E-state index contributed by atoms with van der Waals surface area (Å²) >= 11 is 0. The zero-order chi connectivity index (χ0) is 20.6. The number of anilines is 1. The fourth-order valence-electron chi connectivity index (χ4n) is 4.03. The van der Waals surface area contributed by atoms with Crippen LogP contribution >= 0.6 is 0 Å². The van der Waals surface area contributed by atoms with Gasteiger partial charge in [-0.25, -0.2) is 0 Å². The molecule has 1 saturated heterocycles. The first kappa shape index (κ1) is 19.5. The van der Waals surface area contributed by atoms with Crippen LogP contribution in [-0.2, 0) is 15.2 Å². The number of para-hydroxylation sites is 1. The quantitative estimate of drug-likeness (QED) is 0.835. The van der Waals surface area contributed by atoms with E-state index < -0.39 is 11.5 Å². The molecule has 2 aromatic rings. The Balaban J connectivity index is 1.42. The van der Waals surface area contributed by atoms with Crippen LogP contribution < -0.4 is 15.0 Å². The van der Waals surface area contributed by atoms with Crippen LogP contribution in [0.1, 0.15) is 29.5 Å². The molecule has 0 aromatic heterocycles. The van der Waals surface area contributed by atoms with E-state index in [9.17, 15) is 14.7 Å². The number of hydrogen-bond donors (Lipinski definition) is 2. The second-order valence-electron chi connectivity index (χ2n) is 8.02. The van der Waals surface area contributed by atoms with Crippen molar-refractivity contribution < 1.29 is 19.4 Å². The molecular formula is C23H26N2O4. The summed E-state index contributed by atoms with van der Waals surface area (Å²) in [5.74, 6) is -0.0409. The molecule has 4 rings (SSSR count). The first-order chi connectivity index (χ1) is 13.9. The summed E-state index contributed by atoms with van der Waals surface area (Å²) < 4.78 is 5.60. The lowest BCUT2D eigenvalue weighted by molar-refractivity contribution is -0.127. The van der Waals surface area contributed by atoms with Crippen LogP contribution in [0.15, 0.2) is 42.5 Å². The van der Waals surface area contributed by atoms with E-state index in [1.807, 2.05) is 56.3 Å². The van der Waals surface area contributed by atoms with Gasteiger partial charge in [-0.2, -0.15) is 0 Å². The monoisotopic (exact) mass is 394 g/mol. The van der Waals surface area contributed by atoms with Crippen LogP contribution in [0.25, 0.3) is 0 Å². The van der Waals surface area contributed by atoms with Gasteiger partial charge in [-0.05, 0) is 43.2 Å². The maximum absolute atomic E-state index is 12.8. The number of amides is 2. The largest absolute Gasteiger partial charge is 0.493 e. The molecule has 6 heteroatoms. The Labute approximate surface area is 170 Å². The van der Waals surface area contributed by atoms with Gasteiger partial charge in [0.2, 0.25) is 11.8 Å². The molecule has 2 N–H and O–H groups in total. The summed E-state index contributed by atoms with van der Waals surface area (Å²) in [6, 6.07) is 13.2. The van der Waals surface area contributed by atoms with Crippen molar-refractivity contribution in [2.75, 3.05) is 24.6 Å². The van der Waals surface area contributed by atoms with Gasteiger partial charge in [0.15, 0.2) is 0 Å². The molecule has 2 aromatic carbocycles. The highest BCUT2D eigenvalue weighted by Crippen LogP contribution is 2.36. The molecule has 0 bridgehead atoms. The molecule has 2 atom stereocenters. The van der Waals surface area contributed by atoms with Gasteiger partial charge in [-0.1, -0.05) is 24.3 Å². The average Bonchev–Trinajstić information content (AvgIpc) is 3.10. The number of ether oxygens (including phenoxy) is 1. The van der Waals surface area contributed by atoms with Crippen molar-refractivity contribution in [2.45, 2.75) is 32.3 Å².